The molecule has 0 aromatic rings. The van der Waals surface area contributed by atoms with Crippen LogP contribution in [0.1, 0.15) is 20.8 Å². The fourth-order valence-corrected chi connectivity index (χ4v) is 5.74. The zero-order chi connectivity index (χ0) is 9.83. The summed E-state index contributed by atoms with van der Waals surface area (Å²) in [7, 11) is -1.31. The van der Waals surface area contributed by atoms with E-state index < -0.39 is 7.59 Å². The number of rotatable bonds is 4. The van der Waals surface area contributed by atoms with Crippen molar-refractivity contribution in [1.29, 1.82) is 0 Å². The highest BCUT2D eigenvalue weighted by Gasteiger charge is 2.35. The van der Waals surface area contributed by atoms with Crippen molar-refractivity contribution < 1.29 is 4.43 Å². The largest absolute Gasteiger partial charge is 0.426 e. The van der Waals surface area contributed by atoms with Gasteiger partial charge in [0.05, 0.1) is 7.59 Å². The summed E-state index contributed by atoms with van der Waals surface area (Å²) in [6.07, 6.45) is 0. The van der Waals surface area contributed by atoms with Gasteiger partial charge in [-0.1, -0.05) is 49.8 Å². The molecule has 0 heterocycles. The van der Waals surface area contributed by atoms with Gasteiger partial charge in [-0.3, -0.25) is 0 Å². The van der Waals surface area contributed by atoms with Gasteiger partial charge in [-0.25, -0.2) is 0 Å². The SMILES string of the molecule is CC(C)(C)[Si](C)(C)[SiH2]OCCBr. The minimum absolute atomic E-state index is 0.267. The van der Waals surface area contributed by atoms with E-state index in [4.69, 9.17) is 4.43 Å². The molecule has 0 aliphatic heterocycles. The summed E-state index contributed by atoms with van der Waals surface area (Å²) in [5.74, 6) is 0. The molecule has 0 amide bonds. The van der Waals surface area contributed by atoms with E-state index in [2.05, 4.69) is 49.8 Å². The van der Waals surface area contributed by atoms with Crippen molar-refractivity contribution in [3.8, 4) is 0 Å². The summed E-state index contributed by atoms with van der Waals surface area (Å²) in [4.78, 5) is 0. The molecule has 74 valence electrons. The molecule has 0 fully saturated rings. The fraction of sp³-hybridized carbons (Fsp3) is 1.00. The first kappa shape index (κ1) is 12.9. The van der Waals surface area contributed by atoms with Gasteiger partial charge in [-0.05, 0) is 5.04 Å². The predicted octanol–water partition coefficient (Wildman–Crippen LogP) is 2.49. The lowest BCUT2D eigenvalue weighted by Gasteiger charge is -2.35. The molecule has 0 bridgehead atoms. The Labute approximate surface area is 88.1 Å². The van der Waals surface area contributed by atoms with Gasteiger partial charge in [-0.15, -0.1) is 0 Å². The van der Waals surface area contributed by atoms with Crippen LogP contribution in [0.25, 0.3) is 0 Å². The van der Waals surface area contributed by atoms with E-state index in [0.29, 0.717) is 5.04 Å². The van der Waals surface area contributed by atoms with E-state index >= 15 is 0 Å². The van der Waals surface area contributed by atoms with Gasteiger partial charge in [0.25, 0.3) is 0 Å². The Balaban J connectivity index is 3.88. The Kier molecular flexibility index (Phi) is 5.29. The first-order valence-electron chi connectivity index (χ1n) is 4.45. The molecule has 0 saturated carbocycles. The molecular weight excluding hydrogens is 248 g/mol. The van der Waals surface area contributed by atoms with Crippen LogP contribution in [0.4, 0.5) is 0 Å². The smallest absolute Gasteiger partial charge is 0.151 e. The van der Waals surface area contributed by atoms with Gasteiger partial charge in [0, 0.05) is 11.9 Å². The Morgan fingerprint density at radius 3 is 2.17 bits per heavy atom. The summed E-state index contributed by atoms with van der Waals surface area (Å²) in [5.41, 5.74) is 0. The maximum absolute atomic E-state index is 5.73. The number of hydrogen-bond acceptors (Lipinski definition) is 1. The quantitative estimate of drug-likeness (QED) is 0.433. The number of hydrogen-bond donors (Lipinski definition) is 0. The summed E-state index contributed by atoms with van der Waals surface area (Å²) in [6, 6.07) is 0. The second-order valence-electron chi connectivity index (χ2n) is 4.88. The molecular formula is C8H21BrOSi2. The lowest BCUT2D eigenvalue weighted by Crippen LogP contribution is -2.45. The average molecular weight is 269 g/mol. The third-order valence-electron chi connectivity index (χ3n) is 2.71. The molecule has 0 rings (SSSR count). The molecule has 0 aliphatic rings. The zero-order valence-electron chi connectivity index (χ0n) is 8.91. The van der Waals surface area contributed by atoms with Gasteiger partial charge in [0.15, 0.2) is 9.28 Å². The van der Waals surface area contributed by atoms with Crippen LogP contribution in [-0.4, -0.2) is 28.8 Å². The van der Waals surface area contributed by atoms with Crippen molar-refractivity contribution in [1.82, 2.24) is 0 Å². The van der Waals surface area contributed by atoms with Gasteiger partial charge >= 0.3 is 0 Å². The van der Waals surface area contributed by atoms with Crippen LogP contribution in [0.2, 0.25) is 18.1 Å². The first-order chi connectivity index (χ1) is 5.31. The number of halogens is 1. The van der Waals surface area contributed by atoms with Crippen LogP contribution in [-0.2, 0) is 4.43 Å². The molecule has 0 atom stereocenters. The maximum Gasteiger partial charge on any atom is 0.151 e. The second-order valence-corrected chi connectivity index (χ2v) is 17.8. The average Bonchev–Trinajstić information content (AvgIpc) is 1.85. The summed E-state index contributed by atoms with van der Waals surface area (Å²) < 4.78 is 5.73. The monoisotopic (exact) mass is 268 g/mol. The Hall–Kier alpha value is 0.874. The van der Waals surface area contributed by atoms with Crippen LogP contribution < -0.4 is 0 Å². The summed E-state index contributed by atoms with van der Waals surface area (Å²) in [5, 5.41) is 1.49. The van der Waals surface area contributed by atoms with Crippen molar-refractivity contribution in [2.45, 2.75) is 38.9 Å². The lowest BCUT2D eigenvalue weighted by molar-refractivity contribution is 0.373. The van der Waals surface area contributed by atoms with Crippen LogP contribution in [0.5, 0.6) is 0 Å². The van der Waals surface area contributed by atoms with Crippen LogP contribution in [0.3, 0.4) is 0 Å². The minimum Gasteiger partial charge on any atom is -0.426 e. The second kappa shape index (κ2) is 4.93. The normalized spacial score (nSPS) is 14.5. The molecule has 0 aromatic carbocycles. The van der Waals surface area contributed by atoms with E-state index in [1.165, 1.54) is 0 Å². The minimum atomic E-state index is -1.05. The first-order valence-corrected chi connectivity index (χ1v) is 11.5. The molecule has 0 N–H and O–H groups in total. The van der Waals surface area contributed by atoms with Crippen LogP contribution >= 0.6 is 15.9 Å². The van der Waals surface area contributed by atoms with E-state index in [-0.39, 0.29) is 9.28 Å². The van der Waals surface area contributed by atoms with Crippen molar-refractivity contribution in [3.63, 3.8) is 0 Å². The van der Waals surface area contributed by atoms with Crippen molar-refractivity contribution in [2.75, 3.05) is 11.9 Å². The molecule has 12 heavy (non-hydrogen) atoms. The van der Waals surface area contributed by atoms with E-state index in [9.17, 15) is 0 Å². The van der Waals surface area contributed by atoms with Gasteiger partial charge in [-0.2, -0.15) is 0 Å². The molecule has 0 saturated heterocycles. The molecule has 0 radical (unpaired) electrons. The third-order valence-corrected chi connectivity index (χ3v) is 14.3. The van der Waals surface area contributed by atoms with Gasteiger partial charge < -0.3 is 4.43 Å². The highest BCUT2D eigenvalue weighted by Crippen LogP contribution is 2.34. The van der Waals surface area contributed by atoms with Crippen LogP contribution in [0.15, 0.2) is 0 Å². The molecule has 0 aromatic heterocycles. The van der Waals surface area contributed by atoms with Crippen LogP contribution in [0, 0.1) is 0 Å². The van der Waals surface area contributed by atoms with Gasteiger partial charge in [0.1, 0.15) is 0 Å². The fourth-order valence-electron chi connectivity index (χ4n) is 0.598. The van der Waals surface area contributed by atoms with Gasteiger partial charge in [0.2, 0.25) is 0 Å². The Morgan fingerprint density at radius 1 is 1.33 bits per heavy atom. The molecule has 0 aliphatic carbocycles. The zero-order valence-corrected chi connectivity index (χ0v) is 12.9. The van der Waals surface area contributed by atoms with Crippen molar-refractivity contribution in [3.05, 3.63) is 0 Å². The van der Waals surface area contributed by atoms with E-state index in [0.717, 1.165) is 11.9 Å². The molecule has 1 nitrogen and oxygen atoms in total. The van der Waals surface area contributed by atoms with E-state index in [1.54, 1.807) is 0 Å². The maximum atomic E-state index is 5.73. The predicted molar refractivity (Wildman–Crippen MR) is 65.5 cm³/mol. The van der Waals surface area contributed by atoms with Crippen molar-refractivity contribution >= 4 is 32.8 Å². The summed E-state index contributed by atoms with van der Waals surface area (Å²) in [6.45, 7) is 12.9. The molecule has 4 heteroatoms. The highest BCUT2D eigenvalue weighted by molar-refractivity contribution is 9.09. The standard InChI is InChI=1S/C8H21BrOSi2/c1-8(2,3)12(4,5)11-10-7-6-9/h6-7,11H2,1-5H3. The number of alkyl halides is 1. The Morgan fingerprint density at radius 2 is 1.83 bits per heavy atom. The van der Waals surface area contributed by atoms with Crippen molar-refractivity contribution in [2.24, 2.45) is 0 Å². The molecule has 0 unspecified atom stereocenters. The molecule has 0 spiro atoms. The van der Waals surface area contributed by atoms with E-state index in [1.807, 2.05) is 0 Å². The lowest BCUT2D eigenvalue weighted by atomic mass is 10.2. The third kappa shape index (κ3) is 4.21. The Bertz CT molecular complexity index is 132. The topological polar surface area (TPSA) is 9.23 Å². The summed E-state index contributed by atoms with van der Waals surface area (Å²) >= 11 is 3.38. The highest BCUT2D eigenvalue weighted by atomic mass is 79.9.